The Balaban J connectivity index is 2.57. The Kier molecular flexibility index (Phi) is 6.61. The van der Waals surface area contributed by atoms with Gasteiger partial charge in [0, 0.05) is 24.2 Å². The second-order valence-corrected chi connectivity index (χ2v) is 11.2. The van der Waals surface area contributed by atoms with Gasteiger partial charge in [0.25, 0.3) is 0 Å². The fourth-order valence-electron chi connectivity index (χ4n) is 8.01. The van der Waals surface area contributed by atoms with Crippen LogP contribution in [0.4, 0.5) is 0 Å². The molecule has 2 saturated heterocycles. The molecule has 2 heteroatoms. The lowest BCUT2D eigenvalue weighted by Crippen LogP contribution is -2.60. The molecule has 0 aromatic heterocycles. The Labute approximate surface area is 165 Å². The average Bonchev–Trinajstić information content (AvgIpc) is 2.51. The van der Waals surface area contributed by atoms with Crippen molar-refractivity contribution in [3.63, 3.8) is 0 Å². The van der Waals surface area contributed by atoms with E-state index in [1.54, 1.807) is 0 Å². The minimum absolute atomic E-state index is 0.356. The van der Waals surface area contributed by atoms with Crippen LogP contribution in [-0.4, -0.2) is 48.1 Å². The summed E-state index contributed by atoms with van der Waals surface area (Å²) < 4.78 is 0. The van der Waals surface area contributed by atoms with Crippen LogP contribution < -0.4 is 0 Å². The lowest BCUT2D eigenvalue weighted by Gasteiger charge is -2.63. The SMILES string of the molecule is CC1CC(C)C2(C(C)CC(C)N1C)C(C)CC(C)N(C)C(C)CC2(C)C. The van der Waals surface area contributed by atoms with Crippen molar-refractivity contribution in [2.24, 2.45) is 28.6 Å². The van der Waals surface area contributed by atoms with Crippen LogP contribution in [0.3, 0.4) is 0 Å². The first kappa shape index (κ1) is 22.2. The van der Waals surface area contributed by atoms with Gasteiger partial charge in [-0.25, -0.2) is 0 Å². The molecule has 154 valence electrons. The first-order valence-corrected chi connectivity index (χ1v) is 11.3. The molecule has 2 fully saturated rings. The first-order chi connectivity index (χ1) is 11.9. The van der Waals surface area contributed by atoms with Gasteiger partial charge in [0.2, 0.25) is 0 Å². The molecule has 0 aliphatic carbocycles. The molecule has 0 aromatic carbocycles. The predicted molar refractivity (Wildman–Crippen MR) is 116 cm³/mol. The number of likely N-dealkylation sites (tertiary alicyclic amines) is 2. The highest BCUT2D eigenvalue weighted by Crippen LogP contribution is 2.62. The van der Waals surface area contributed by atoms with E-state index in [9.17, 15) is 0 Å². The van der Waals surface area contributed by atoms with Crippen molar-refractivity contribution in [3.8, 4) is 0 Å². The van der Waals surface area contributed by atoms with Crippen LogP contribution in [0, 0.1) is 28.6 Å². The summed E-state index contributed by atoms with van der Waals surface area (Å²) in [6, 6.07) is 2.69. The van der Waals surface area contributed by atoms with Crippen molar-refractivity contribution >= 4 is 0 Å². The molecular formula is C24H48N2. The normalized spacial score (nSPS) is 49.3. The summed E-state index contributed by atoms with van der Waals surface area (Å²) in [5.74, 6) is 2.28. The highest BCUT2D eigenvalue weighted by atomic mass is 15.2. The van der Waals surface area contributed by atoms with E-state index >= 15 is 0 Å². The van der Waals surface area contributed by atoms with Gasteiger partial charge in [0.1, 0.15) is 0 Å². The molecule has 2 heterocycles. The van der Waals surface area contributed by atoms with Gasteiger partial charge in [-0.3, -0.25) is 0 Å². The van der Waals surface area contributed by atoms with E-state index in [4.69, 9.17) is 0 Å². The average molecular weight is 365 g/mol. The van der Waals surface area contributed by atoms with Crippen LogP contribution in [0.1, 0.15) is 88.0 Å². The monoisotopic (exact) mass is 364 g/mol. The zero-order chi connectivity index (χ0) is 20.0. The Bertz CT molecular complexity index is 434. The van der Waals surface area contributed by atoms with Gasteiger partial charge in [0.05, 0.1) is 0 Å². The van der Waals surface area contributed by atoms with Gasteiger partial charge >= 0.3 is 0 Å². The van der Waals surface area contributed by atoms with Crippen LogP contribution in [-0.2, 0) is 0 Å². The smallest absolute Gasteiger partial charge is 0.00719 e. The number of hydrogen-bond donors (Lipinski definition) is 0. The third-order valence-electron chi connectivity index (χ3n) is 9.29. The van der Waals surface area contributed by atoms with E-state index in [0.29, 0.717) is 35.0 Å². The highest BCUT2D eigenvalue weighted by molar-refractivity contribution is 5.07. The van der Waals surface area contributed by atoms with Crippen molar-refractivity contribution in [1.29, 1.82) is 0 Å². The number of hydrogen-bond acceptors (Lipinski definition) is 2. The lowest BCUT2D eigenvalue weighted by atomic mass is 9.44. The van der Waals surface area contributed by atoms with Gasteiger partial charge in [-0.1, -0.05) is 34.6 Å². The molecule has 7 atom stereocenters. The molecule has 0 amide bonds. The molecule has 26 heavy (non-hydrogen) atoms. The summed E-state index contributed by atoms with van der Waals surface area (Å²) in [5.41, 5.74) is 0.773. The Hall–Kier alpha value is -0.0800. The summed E-state index contributed by atoms with van der Waals surface area (Å²) in [4.78, 5) is 5.28. The topological polar surface area (TPSA) is 6.48 Å². The van der Waals surface area contributed by atoms with E-state index < -0.39 is 0 Å². The summed E-state index contributed by atoms with van der Waals surface area (Å²) in [5, 5.41) is 0. The molecular weight excluding hydrogens is 316 g/mol. The molecule has 1 spiro atoms. The zero-order valence-corrected chi connectivity index (χ0v) is 19.8. The van der Waals surface area contributed by atoms with Gasteiger partial charge < -0.3 is 9.80 Å². The predicted octanol–water partition coefficient (Wildman–Crippen LogP) is 5.91. The molecule has 0 radical (unpaired) electrons. The molecule has 0 bridgehead atoms. The Morgan fingerprint density at radius 3 is 1.23 bits per heavy atom. The number of nitrogens with zero attached hydrogens (tertiary/aromatic N) is 2. The fourth-order valence-corrected chi connectivity index (χ4v) is 8.01. The quantitative estimate of drug-likeness (QED) is 0.527. The van der Waals surface area contributed by atoms with Crippen molar-refractivity contribution in [1.82, 2.24) is 9.80 Å². The van der Waals surface area contributed by atoms with E-state index in [1.165, 1.54) is 25.7 Å². The van der Waals surface area contributed by atoms with Crippen LogP contribution in [0.2, 0.25) is 0 Å². The zero-order valence-electron chi connectivity index (χ0n) is 19.8. The minimum atomic E-state index is 0.356. The van der Waals surface area contributed by atoms with Crippen LogP contribution in [0.5, 0.6) is 0 Å². The molecule has 7 unspecified atom stereocenters. The third-order valence-corrected chi connectivity index (χ3v) is 9.29. The van der Waals surface area contributed by atoms with Gasteiger partial charge in [0.15, 0.2) is 0 Å². The van der Waals surface area contributed by atoms with E-state index in [-0.39, 0.29) is 0 Å². The summed E-state index contributed by atoms with van der Waals surface area (Å²) in [6.45, 7) is 22.8. The Morgan fingerprint density at radius 2 is 0.885 bits per heavy atom. The first-order valence-electron chi connectivity index (χ1n) is 11.3. The minimum Gasteiger partial charge on any atom is -0.301 e. The maximum absolute atomic E-state index is 2.64. The van der Waals surface area contributed by atoms with Crippen molar-refractivity contribution in [3.05, 3.63) is 0 Å². The van der Waals surface area contributed by atoms with Crippen LogP contribution in [0.25, 0.3) is 0 Å². The summed E-state index contributed by atoms with van der Waals surface area (Å²) >= 11 is 0. The van der Waals surface area contributed by atoms with E-state index in [0.717, 1.165) is 17.8 Å². The second-order valence-electron chi connectivity index (χ2n) is 11.2. The maximum atomic E-state index is 2.64. The molecule has 2 aliphatic rings. The standard InChI is InChI=1S/C24H48N2/c1-16-12-19(4)25(10)20(5)13-17(2)24(16)18(3)14-21(6)26(11)22(7)15-23(24,8)9/h16-22H,12-15H2,1-11H3. The third kappa shape index (κ3) is 3.50. The molecule has 0 aromatic rings. The Morgan fingerprint density at radius 1 is 0.577 bits per heavy atom. The lowest BCUT2D eigenvalue weighted by molar-refractivity contribution is -0.143. The summed E-state index contributed by atoms with van der Waals surface area (Å²) in [6.07, 6.45) is 5.30. The van der Waals surface area contributed by atoms with Crippen molar-refractivity contribution in [2.45, 2.75) is 112 Å². The number of rotatable bonds is 0. The molecule has 0 N–H and O–H groups in total. The maximum Gasteiger partial charge on any atom is 0.00719 e. The van der Waals surface area contributed by atoms with Crippen molar-refractivity contribution in [2.75, 3.05) is 14.1 Å². The second kappa shape index (κ2) is 7.74. The molecule has 2 nitrogen and oxygen atoms in total. The highest BCUT2D eigenvalue weighted by Gasteiger charge is 2.57. The molecule has 0 saturated carbocycles. The van der Waals surface area contributed by atoms with E-state index in [1.807, 2.05) is 0 Å². The van der Waals surface area contributed by atoms with Gasteiger partial charge in [-0.2, -0.15) is 0 Å². The van der Waals surface area contributed by atoms with Crippen LogP contribution >= 0.6 is 0 Å². The van der Waals surface area contributed by atoms with Crippen LogP contribution in [0.15, 0.2) is 0 Å². The largest absolute Gasteiger partial charge is 0.301 e. The van der Waals surface area contributed by atoms with Gasteiger partial charge in [-0.15, -0.1) is 0 Å². The molecule has 2 rings (SSSR count). The van der Waals surface area contributed by atoms with Gasteiger partial charge in [-0.05, 0) is 96.1 Å². The summed E-state index contributed by atoms with van der Waals surface area (Å²) in [7, 11) is 4.69. The van der Waals surface area contributed by atoms with Crippen molar-refractivity contribution < 1.29 is 0 Å². The molecule has 2 aliphatic heterocycles. The fraction of sp³-hybridized carbons (Fsp3) is 1.00. The van der Waals surface area contributed by atoms with E-state index in [2.05, 4.69) is 86.2 Å².